The normalized spacial score (nSPS) is 42.8. The van der Waals surface area contributed by atoms with Crippen molar-refractivity contribution in [3.63, 3.8) is 0 Å². The highest BCUT2D eigenvalue weighted by Crippen LogP contribution is 2.27. The minimum absolute atomic E-state index is 0.586. The van der Waals surface area contributed by atoms with Gasteiger partial charge in [0, 0.05) is 12.6 Å². The van der Waals surface area contributed by atoms with Gasteiger partial charge in [0.15, 0.2) is 0 Å². The number of nitrogens with zero attached hydrogens (tertiary/aromatic N) is 1. The molecule has 0 saturated carbocycles. The van der Waals surface area contributed by atoms with Crippen LogP contribution in [0.3, 0.4) is 0 Å². The minimum atomic E-state index is 0.586. The molecule has 3 fully saturated rings. The van der Waals surface area contributed by atoms with Gasteiger partial charge < -0.3 is 9.74 Å². The summed E-state index contributed by atoms with van der Waals surface area (Å²) in [7, 11) is 1.71. The topological polar surface area (TPSA) is 24.5 Å². The van der Waals surface area contributed by atoms with E-state index in [0.29, 0.717) is 6.04 Å². The maximum Gasteiger partial charge on any atom is 0.0572 e. The molecule has 0 radical (unpaired) electrons. The molecule has 3 heteroatoms. The Morgan fingerprint density at radius 3 is 2.55 bits per heavy atom. The van der Waals surface area contributed by atoms with Crippen molar-refractivity contribution in [3.8, 4) is 0 Å². The first-order chi connectivity index (χ1) is 5.40. The van der Waals surface area contributed by atoms with Crippen LogP contribution in [0, 0.1) is 5.92 Å². The van der Waals surface area contributed by atoms with E-state index in [1.54, 1.807) is 7.11 Å². The number of hydrogen-bond acceptors (Lipinski definition) is 3. The van der Waals surface area contributed by atoms with Crippen LogP contribution in [0.1, 0.15) is 12.8 Å². The molecule has 1 atom stereocenters. The summed E-state index contributed by atoms with van der Waals surface area (Å²) < 4.78 is 0. The minimum Gasteiger partial charge on any atom is -0.305 e. The Bertz CT molecular complexity index is 132. The Labute approximate surface area is 67.7 Å². The number of hydroxylamine groups is 1. The van der Waals surface area contributed by atoms with Crippen molar-refractivity contribution in [2.75, 3.05) is 26.7 Å². The summed E-state index contributed by atoms with van der Waals surface area (Å²) in [6, 6.07) is 0.586. The molecular formula is C8H16N2O. The van der Waals surface area contributed by atoms with E-state index >= 15 is 0 Å². The molecule has 1 unspecified atom stereocenters. The van der Waals surface area contributed by atoms with Crippen LogP contribution in [-0.4, -0.2) is 37.7 Å². The third-order valence-electron chi connectivity index (χ3n) is 2.93. The molecule has 1 N–H and O–H groups in total. The summed E-state index contributed by atoms with van der Waals surface area (Å²) in [4.78, 5) is 7.47. The Hall–Kier alpha value is -0.120. The SMILES string of the molecule is CONC1CN2CCC1CC2. The maximum absolute atomic E-state index is 4.96. The Kier molecular flexibility index (Phi) is 2.11. The standard InChI is InChI=1S/C8H16N2O/c1-11-9-8-6-10-4-2-7(8)3-5-10/h7-9H,2-6H2,1H3. The lowest BCUT2D eigenvalue weighted by Crippen LogP contribution is -2.55. The number of rotatable bonds is 2. The van der Waals surface area contributed by atoms with E-state index in [1.165, 1.54) is 32.5 Å². The third-order valence-corrected chi connectivity index (χ3v) is 2.93. The zero-order chi connectivity index (χ0) is 7.68. The summed E-state index contributed by atoms with van der Waals surface area (Å²) in [5.74, 6) is 0.861. The Morgan fingerprint density at radius 1 is 1.36 bits per heavy atom. The summed E-state index contributed by atoms with van der Waals surface area (Å²) >= 11 is 0. The van der Waals surface area contributed by atoms with E-state index in [0.717, 1.165) is 5.92 Å². The van der Waals surface area contributed by atoms with E-state index < -0.39 is 0 Å². The van der Waals surface area contributed by atoms with Gasteiger partial charge in [-0.3, -0.25) is 0 Å². The molecule has 0 aromatic heterocycles. The van der Waals surface area contributed by atoms with Gasteiger partial charge in [0.05, 0.1) is 7.11 Å². The molecule has 3 aliphatic heterocycles. The lowest BCUT2D eigenvalue weighted by atomic mass is 9.84. The van der Waals surface area contributed by atoms with Crippen LogP contribution in [0.25, 0.3) is 0 Å². The molecule has 0 spiro atoms. The van der Waals surface area contributed by atoms with Crippen LogP contribution in [0.2, 0.25) is 0 Å². The highest BCUT2D eigenvalue weighted by Gasteiger charge is 2.33. The summed E-state index contributed by atoms with van der Waals surface area (Å²) in [6.45, 7) is 3.78. The zero-order valence-corrected chi connectivity index (χ0v) is 7.05. The second kappa shape index (κ2) is 3.09. The van der Waals surface area contributed by atoms with Gasteiger partial charge in [-0.15, -0.1) is 0 Å². The highest BCUT2D eigenvalue weighted by molar-refractivity contribution is 4.89. The van der Waals surface area contributed by atoms with Crippen LogP contribution in [0.5, 0.6) is 0 Å². The van der Waals surface area contributed by atoms with Crippen LogP contribution in [0.15, 0.2) is 0 Å². The first-order valence-electron chi connectivity index (χ1n) is 4.41. The molecule has 0 aliphatic carbocycles. The smallest absolute Gasteiger partial charge is 0.0572 e. The molecule has 64 valence electrons. The molecule has 3 rings (SSSR count). The zero-order valence-electron chi connectivity index (χ0n) is 7.05. The van der Waals surface area contributed by atoms with Crippen LogP contribution >= 0.6 is 0 Å². The van der Waals surface area contributed by atoms with E-state index in [9.17, 15) is 0 Å². The van der Waals surface area contributed by atoms with Crippen LogP contribution in [0.4, 0.5) is 0 Å². The van der Waals surface area contributed by atoms with Gasteiger partial charge in [-0.1, -0.05) is 0 Å². The highest BCUT2D eigenvalue weighted by atomic mass is 16.6. The van der Waals surface area contributed by atoms with E-state index in [4.69, 9.17) is 4.84 Å². The van der Waals surface area contributed by atoms with Gasteiger partial charge >= 0.3 is 0 Å². The molecule has 0 amide bonds. The number of piperidine rings is 3. The summed E-state index contributed by atoms with van der Waals surface area (Å²) in [5, 5.41) is 0. The van der Waals surface area contributed by atoms with Gasteiger partial charge in [-0.25, -0.2) is 0 Å². The number of nitrogens with one attached hydrogen (secondary N) is 1. The van der Waals surface area contributed by atoms with E-state index in [2.05, 4.69) is 10.4 Å². The molecule has 0 aromatic carbocycles. The van der Waals surface area contributed by atoms with Crippen LogP contribution in [-0.2, 0) is 4.84 Å². The number of fused-ring (bicyclic) bond motifs is 3. The largest absolute Gasteiger partial charge is 0.305 e. The van der Waals surface area contributed by atoms with Gasteiger partial charge in [-0.05, 0) is 31.8 Å². The molecule has 0 aromatic rings. The van der Waals surface area contributed by atoms with Crippen molar-refractivity contribution in [2.24, 2.45) is 5.92 Å². The third kappa shape index (κ3) is 1.41. The maximum atomic E-state index is 4.96. The van der Waals surface area contributed by atoms with Crippen molar-refractivity contribution in [2.45, 2.75) is 18.9 Å². The fraction of sp³-hybridized carbons (Fsp3) is 1.00. The lowest BCUT2D eigenvalue weighted by Gasteiger charge is -2.44. The average molecular weight is 156 g/mol. The molecule has 2 bridgehead atoms. The van der Waals surface area contributed by atoms with E-state index in [-0.39, 0.29) is 0 Å². The first kappa shape index (κ1) is 7.53. The predicted molar refractivity (Wildman–Crippen MR) is 43.1 cm³/mol. The van der Waals surface area contributed by atoms with Crippen molar-refractivity contribution < 1.29 is 4.84 Å². The Balaban J connectivity index is 1.92. The average Bonchev–Trinajstić information content (AvgIpc) is 2.07. The van der Waals surface area contributed by atoms with Crippen molar-refractivity contribution in [1.82, 2.24) is 10.4 Å². The van der Waals surface area contributed by atoms with Crippen molar-refractivity contribution >= 4 is 0 Å². The van der Waals surface area contributed by atoms with Gasteiger partial charge in [0.25, 0.3) is 0 Å². The molecular weight excluding hydrogens is 140 g/mol. The van der Waals surface area contributed by atoms with E-state index in [1.807, 2.05) is 0 Å². The fourth-order valence-corrected chi connectivity index (χ4v) is 2.25. The first-order valence-corrected chi connectivity index (χ1v) is 4.41. The summed E-state index contributed by atoms with van der Waals surface area (Å²) in [6.07, 6.45) is 2.70. The fourth-order valence-electron chi connectivity index (χ4n) is 2.25. The molecule has 3 aliphatic rings. The molecule has 11 heavy (non-hydrogen) atoms. The quantitative estimate of drug-likeness (QED) is 0.579. The second-order valence-electron chi connectivity index (χ2n) is 3.57. The molecule has 3 heterocycles. The molecule has 3 saturated heterocycles. The van der Waals surface area contributed by atoms with Crippen molar-refractivity contribution in [3.05, 3.63) is 0 Å². The van der Waals surface area contributed by atoms with Gasteiger partial charge in [0.2, 0.25) is 0 Å². The molecule has 3 nitrogen and oxygen atoms in total. The van der Waals surface area contributed by atoms with Gasteiger partial charge in [0.1, 0.15) is 0 Å². The lowest BCUT2D eigenvalue weighted by molar-refractivity contribution is -0.0206. The van der Waals surface area contributed by atoms with Crippen LogP contribution < -0.4 is 5.48 Å². The summed E-state index contributed by atoms with van der Waals surface area (Å²) in [5.41, 5.74) is 3.07. The van der Waals surface area contributed by atoms with Gasteiger partial charge in [-0.2, -0.15) is 5.48 Å². The second-order valence-corrected chi connectivity index (χ2v) is 3.57. The Morgan fingerprint density at radius 2 is 2.09 bits per heavy atom. The monoisotopic (exact) mass is 156 g/mol. The number of hydrogen-bond donors (Lipinski definition) is 1. The van der Waals surface area contributed by atoms with Crippen molar-refractivity contribution in [1.29, 1.82) is 0 Å². The predicted octanol–water partition coefficient (Wildman–Crippen LogP) is 0.232.